The first-order valence-electron chi connectivity index (χ1n) is 5.47. The van der Waals surface area contributed by atoms with Crippen molar-refractivity contribution in [2.45, 2.75) is 25.3 Å². The second-order valence-corrected chi connectivity index (χ2v) is 5.13. The first-order chi connectivity index (χ1) is 6.86. The van der Waals surface area contributed by atoms with Gasteiger partial charge in [-0.05, 0) is 32.9 Å². The van der Waals surface area contributed by atoms with Crippen molar-refractivity contribution in [1.82, 2.24) is 10.2 Å². The van der Waals surface area contributed by atoms with Gasteiger partial charge in [-0.3, -0.25) is 4.99 Å². The summed E-state index contributed by atoms with van der Waals surface area (Å²) in [6.07, 6.45) is 3.92. The molecular weight excluding hydrogens is 194 g/mol. The number of hydrogen-bond donors (Lipinski definition) is 1. The smallest absolute Gasteiger partial charge is 0.156 e. The average molecular weight is 213 g/mol. The van der Waals surface area contributed by atoms with Crippen LogP contribution in [0, 0.1) is 0 Å². The van der Waals surface area contributed by atoms with Crippen molar-refractivity contribution in [2.24, 2.45) is 4.99 Å². The summed E-state index contributed by atoms with van der Waals surface area (Å²) < 4.78 is 0. The van der Waals surface area contributed by atoms with Crippen LogP contribution in [0.3, 0.4) is 0 Å². The molecule has 1 N–H and O–H groups in total. The molecule has 0 bridgehead atoms. The van der Waals surface area contributed by atoms with E-state index in [0.29, 0.717) is 0 Å². The Bertz CT molecular complexity index is 217. The summed E-state index contributed by atoms with van der Waals surface area (Å²) in [4.78, 5) is 6.91. The van der Waals surface area contributed by atoms with Crippen LogP contribution < -0.4 is 5.32 Å². The molecule has 1 atom stereocenters. The van der Waals surface area contributed by atoms with Crippen LogP contribution in [0.5, 0.6) is 0 Å². The fourth-order valence-electron chi connectivity index (χ4n) is 2.01. The monoisotopic (exact) mass is 213 g/mol. The van der Waals surface area contributed by atoms with Gasteiger partial charge in [0.2, 0.25) is 0 Å². The summed E-state index contributed by atoms with van der Waals surface area (Å²) in [7, 11) is 2.22. The Morgan fingerprint density at radius 3 is 3.14 bits per heavy atom. The van der Waals surface area contributed by atoms with Crippen LogP contribution in [0.2, 0.25) is 0 Å². The maximum absolute atomic E-state index is 4.47. The van der Waals surface area contributed by atoms with Gasteiger partial charge in [-0.25, -0.2) is 0 Å². The summed E-state index contributed by atoms with van der Waals surface area (Å²) in [6.45, 7) is 3.34. The molecule has 2 aliphatic rings. The van der Waals surface area contributed by atoms with Gasteiger partial charge in [0, 0.05) is 24.9 Å². The van der Waals surface area contributed by atoms with Crippen LogP contribution in [0.25, 0.3) is 0 Å². The Labute approximate surface area is 90.3 Å². The van der Waals surface area contributed by atoms with Gasteiger partial charge in [0.05, 0.1) is 0 Å². The fourth-order valence-corrected chi connectivity index (χ4v) is 2.84. The highest BCUT2D eigenvalue weighted by Crippen LogP contribution is 2.15. The standard InChI is InChI=1S/C10H19N3S/c1-13-6-2-4-9(13)8-12-10-11-5-3-7-14-10/h9H,2-8H2,1H3,(H,11,12). The van der Waals surface area contributed by atoms with E-state index in [1.807, 2.05) is 11.8 Å². The first-order valence-corrected chi connectivity index (χ1v) is 6.46. The number of amidine groups is 1. The van der Waals surface area contributed by atoms with Gasteiger partial charge in [-0.1, -0.05) is 11.8 Å². The minimum atomic E-state index is 0.722. The Morgan fingerprint density at radius 1 is 1.57 bits per heavy atom. The third-order valence-electron chi connectivity index (χ3n) is 2.96. The maximum atomic E-state index is 4.47. The van der Waals surface area contributed by atoms with E-state index in [0.717, 1.165) is 24.3 Å². The minimum absolute atomic E-state index is 0.722. The van der Waals surface area contributed by atoms with E-state index >= 15 is 0 Å². The van der Waals surface area contributed by atoms with Crippen LogP contribution in [0.4, 0.5) is 0 Å². The van der Waals surface area contributed by atoms with Crippen LogP contribution in [0.15, 0.2) is 4.99 Å². The molecule has 0 aromatic heterocycles. The summed E-state index contributed by atoms with van der Waals surface area (Å²) in [5.74, 6) is 1.23. The van der Waals surface area contributed by atoms with E-state index in [4.69, 9.17) is 0 Å². The SMILES string of the molecule is CN1CCCC1CNC1=NCCCS1. The lowest BCUT2D eigenvalue weighted by Crippen LogP contribution is -2.38. The normalized spacial score (nSPS) is 28.9. The van der Waals surface area contributed by atoms with Gasteiger partial charge in [0.25, 0.3) is 0 Å². The molecule has 2 aliphatic heterocycles. The molecule has 0 saturated carbocycles. The number of rotatable bonds is 2. The molecule has 2 rings (SSSR count). The molecule has 2 heterocycles. The zero-order valence-corrected chi connectivity index (χ0v) is 9.65. The molecular formula is C10H19N3S. The first kappa shape index (κ1) is 10.3. The Balaban J connectivity index is 1.73. The van der Waals surface area contributed by atoms with Crippen LogP contribution >= 0.6 is 11.8 Å². The molecule has 4 heteroatoms. The molecule has 14 heavy (non-hydrogen) atoms. The zero-order chi connectivity index (χ0) is 9.80. The molecule has 1 fully saturated rings. The predicted molar refractivity (Wildman–Crippen MR) is 63.0 cm³/mol. The van der Waals surface area contributed by atoms with Crippen molar-refractivity contribution >= 4 is 16.9 Å². The molecule has 0 aromatic carbocycles. The molecule has 3 nitrogen and oxygen atoms in total. The van der Waals surface area contributed by atoms with Gasteiger partial charge < -0.3 is 10.2 Å². The highest BCUT2D eigenvalue weighted by molar-refractivity contribution is 8.13. The summed E-state index contributed by atoms with van der Waals surface area (Å²) in [6, 6.07) is 0.722. The summed E-state index contributed by atoms with van der Waals surface area (Å²) in [5.41, 5.74) is 0. The second-order valence-electron chi connectivity index (χ2n) is 4.05. The second kappa shape index (κ2) is 5.03. The number of likely N-dealkylation sites (tertiary alicyclic amines) is 1. The summed E-state index contributed by atoms with van der Waals surface area (Å²) in [5, 5.41) is 4.63. The van der Waals surface area contributed by atoms with Crippen LogP contribution in [-0.2, 0) is 0 Å². The zero-order valence-electron chi connectivity index (χ0n) is 8.83. The van der Waals surface area contributed by atoms with Crippen molar-refractivity contribution < 1.29 is 0 Å². The molecule has 0 amide bonds. The number of thioether (sulfide) groups is 1. The molecule has 1 unspecified atom stereocenters. The van der Waals surface area contributed by atoms with E-state index in [1.54, 1.807) is 0 Å². The van der Waals surface area contributed by atoms with Gasteiger partial charge in [0.1, 0.15) is 0 Å². The largest absolute Gasteiger partial charge is 0.363 e. The third kappa shape index (κ3) is 2.64. The topological polar surface area (TPSA) is 27.6 Å². The highest BCUT2D eigenvalue weighted by Gasteiger charge is 2.20. The minimum Gasteiger partial charge on any atom is -0.363 e. The van der Waals surface area contributed by atoms with Crippen molar-refractivity contribution in [2.75, 3.05) is 32.4 Å². The van der Waals surface area contributed by atoms with E-state index in [9.17, 15) is 0 Å². The highest BCUT2D eigenvalue weighted by atomic mass is 32.2. The lowest BCUT2D eigenvalue weighted by atomic mass is 10.2. The number of aliphatic imine (C=N–C) groups is 1. The summed E-state index contributed by atoms with van der Waals surface area (Å²) >= 11 is 1.87. The van der Waals surface area contributed by atoms with Crippen LogP contribution in [-0.4, -0.2) is 48.5 Å². The predicted octanol–water partition coefficient (Wildman–Crippen LogP) is 1.16. The number of nitrogens with one attached hydrogen (secondary N) is 1. The third-order valence-corrected chi connectivity index (χ3v) is 4.00. The average Bonchev–Trinajstić information content (AvgIpc) is 2.63. The molecule has 1 saturated heterocycles. The van der Waals surface area contributed by atoms with Crippen molar-refractivity contribution in [3.05, 3.63) is 0 Å². The number of nitrogens with zero attached hydrogens (tertiary/aromatic N) is 2. The van der Waals surface area contributed by atoms with Gasteiger partial charge >= 0.3 is 0 Å². The van der Waals surface area contributed by atoms with E-state index in [1.165, 1.54) is 31.6 Å². The van der Waals surface area contributed by atoms with Crippen LogP contribution in [0.1, 0.15) is 19.3 Å². The van der Waals surface area contributed by atoms with Gasteiger partial charge in [-0.2, -0.15) is 0 Å². The van der Waals surface area contributed by atoms with E-state index in [2.05, 4.69) is 22.3 Å². The van der Waals surface area contributed by atoms with Crippen molar-refractivity contribution in [3.8, 4) is 0 Å². The number of likely N-dealkylation sites (N-methyl/N-ethyl adjacent to an activating group) is 1. The Kier molecular flexibility index (Phi) is 3.70. The van der Waals surface area contributed by atoms with Crippen molar-refractivity contribution in [3.63, 3.8) is 0 Å². The van der Waals surface area contributed by atoms with Crippen molar-refractivity contribution in [1.29, 1.82) is 0 Å². The van der Waals surface area contributed by atoms with E-state index < -0.39 is 0 Å². The lowest BCUT2D eigenvalue weighted by Gasteiger charge is -2.21. The Morgan fingerprint density at radius 2 is 2.50 bits per heavy atom. The Hall–Kier alpha value is -0.220. The number of hydrogen-bond acceptors (Lipinski definition) is 4. The molecule has 0 aromatic rings. The van der Waals surface area contributed by atoms with Gasteiger partial charge in [-0.15, -0.1) is 0 Å². The van der Waals surface area contributed by atoms with E-state index in [-0.39, 0.29) is 0 Å². The molecule has 0 radical (unpaired) electrons. The molecule has 80 valence electrons. The fraction of sp³-hybridized carbons (Fsp3) is 0.900. The molecule has 0 aliphatic carbocycles. The lowest BCUT2D eigenvalue weighted by molar-refractivity contribution is 0.310. The quantitative estimate of drug-likeness (QED) is 0.746. The van der Waals surface area contributed by atoms with Gasteiger partial charge in [0.15, 0.2) is 5.17 Å². The molecule has 0 spiro atoms. The maximum Gasteiger partial charge on any atom is 0.156 e.